The van der Waals surface area contributed by atoms with Crippen LogP contribution in [-0.2, 0) is 22.5 Å². The second-order valence-corrected chi connectivity index (χ2v) is 10.7. The molecule has 1 aromatic carbocycles. The van der Waals surface area contributed by atoms with Gasteiger partial charge in [0.15, 0.2) is 10.8 Å². The number of carbonyl (C=O) groups excluding carboxylic acids is 1. The number of nitrogens with zero attached hydrogens (tertiary/aromatic N) is 4. The van der Waals surface area contributed by atoms with E-state index in [0.29, 0.717) is 18.4 Å². The van der Waals surface area contributed by atoms with Crippen LogP contribution >= 0.6 is 11.3 Å². The van der Waals surface area contributed by atoms with Gasteiger partial charge in [-0.2, -0.15) is 4.98 Å². The molecule has 4 heterocycles. The first-order valence-corrected chi connectivity index (χ1v) is 13.4. The van der Waals surface area contributed by atoms with Crippen LogP contribution in [0.4, 0.5) is 5.13 Å². The zero-order chi connectivity index (χ0) is 22.9. The Labute approximate surface area is 204 Å². The zero-order valence-electron chi connectivity index (χ0n) is 19.4. The number of benzene rings is 1. The van der Waals surface area contributed by atoms with Crippen molar-refractivity contribution >= 4 is 32.7 Å². The van der Waals surface area contributed by atoms with E-state index < -0.39 is 0 Å². The summed E-state index contributed by atoms with van der Waals surface area (Å²) in [5.41, 5.74) is 3.11. The van der Waals surface area contributed by atoms with Crippen LogP contribution in [0.1, 0.15) is 61.5 Å². The summed E-state index contributed by atoms with van der Waals surface area (Å²) in [5, 5.41) is 4.04. The lowest BCUT2D eigenvalue weighted by Gasteiger charge is -2.23. The van der Waals surface area contributed by atoms with Crippen LogP contribution in [0, 0.1) is 5.92 Å². The molecule has 1 saturated carbocycles. The molecular formula is C26H31N5O2S. The van der Waals surface area contributed by atoms with Gasteiger partial charge in [-0.3, -0.25) is 4.79 Å². The van der Waals surface area contributed by atoms with Crippen molar-refractivity contribution in [3.05, 3.63) is 47.4 Å². The van der Waals surface area contributed by atoms with Gasteiger partial charge < -0.3 is 15.0 Å². The Kier molecular flexibility index (Phi) is 6.18. The minimum atomic E-state index is -0.177. The van der Waals surface area contributed by atoms with Crippen LogP contribution in [0.5, 0.6) is 0 Å². The van der Waals surface area contributed by atoms with Crippen molar-refractivity contribution in [1.82, 2.24) is 20.3 Å². The van der Waals surface area contributed by atoms with E-state index in [1.165, 1.54) is 18.5 Å². The van der Waals surface area contributed by atoms with Crippen LogP contribution in [0.15, 0.2) is 30.3 Å². The lowest BCUT2D eigenvalue weighted by molar-refractivity contribution is -0.122. The normalized spacial score (nSPS) is 21.3. The van der Waals surface area contributed by atoms with E-state index in [9.17, 15) is 4.79 Å². The summed E-state index contributed by atoms with van der Waals surface area (Å²) in [6.07, 6.45) is 7.31. The Bertz CT molecular complexity index is 1160. The molecule has 1 atom stereocenters. The molecule has 8 heteroatoms. The number of fused-ring (bicyclic) bond motifs is 1. The van der Waals surface area contributed by atoms with E-state index in [0.717, 1.165) is 78.7 Å². The molecule has 3 fully saturated rings. The van der Waals surface area contributed by atoms with Gasteiger partial charge in [-0.05, 0) is 50.0 Å². The standard InChI is InChI=1S/C26H31N5O2S/c32-25(27-16-18-5-2-1-3-6-18)20-7-4-12-31(20)26-30-24-23(34-26)22(19-8-9-19)28-21(29-24)15-17-10-13-33-14-11-17/h1-3,5-6,17,19-20H,4,7-16H2,(H,27,32)/t20-/m1/s1. The van der Waals surface area contributed by atoms with Crippen LogP contribution in [0.2, 0.25) is 0 Å². The predicted molar refractivity (Wildman–Crippen MR) is 133 cm³/mol. The molecule has 178 valence electrons. The number of aromatic nitrogens is 3. The lowest BCUT2D eigenvalue weighted by atomic mass is 9.96. The monoisotopic (exact) mass is 477 g/mol. The van der Waals surface area contributed by atoms with Gasteiger partial charge in [0.1, 0.15) is 11.9 Å². The second kappa shape index (κ2) is 9.58. The fraction of sp³-hybridized carbons (Fsp3) is 0.538. The fourth-order valence-electron chi connectivity index (χ4n) is 5.11. The second-order valence-electron chi connectivity index (χ2n) is 9.76. The van der Waals surface area contributed by atoms with Crippen LogP contribution in [-0.4, -0.2) is 46.7 Å². The van der Waals surface area contributed by atoms with E-state index >= 15 is 0 Å². The summed E-state index contributed by atoms with van der Waals surface area (Å²) >= 11 is 1.67. The highest BCUT2D eigenvalue weighted by Crippen LogP contribution is 2.45. The number of carbonyl (C=O) groups is 1. The highest BCUT2D eigenvalue weighted by molar-refractivity contribution is 7.22. The van der Waals surface area contributed by atoms with Crippen LogP contribution in [0.3, 0.4) is 0 Å². The van der Waals surface area contributed by atoms with E-state index in [2.05, 4.69) is 10.2 Å². The molecule has 3 aliphatic rings. The summed E-state index contributed by atoms with van der Waals surface area (Å²) in [7, 11) is 0. The van der Waals surface area contributed by atoms with Gasteiger partial charge in [0, 0.05) is 38.6 Å². The molecule has 2 saturated heterocycles. The van der Waals surface area contributed by atoms with Gasteiger partial charge in [-0.1, -0.05) is 41.7 Å². The van der Waals surface area contributed by atoms with Crippen molar-refractivity contribution in [1.29, 1.82) is 0 Å². The maximum absolute atomic E-state index is 13.1. The molecule has 0 bridgehead atoms. The molecular weight excluding hydrogens is 446 g/mol. The van der Waals surface area contributed by atoms with Crippen LogP contribution < -0.4 is 10.2 Å². The molecule has 0 spiro atoms. The first-order chi connectivity index (χ1) is 16.7. The molecule has 2 aromatic heterocycles. The first-order valence-electron chi connectivity index (χ1n) is 12.6. The minimum Gasteiger partial charge on any atom is -0.381 e. The number of ether oxygens (including phenoxy) is 1. The van der Waals surface area contributed by atoms with Crippen molar-refractivity contribution in [3.8, 4) is 0 Å². The number of hydrogen-bond donors (Lipinski definition) is 1. The lowest BCUT2D eigenvalue weighted by Crippen LogP contribution is -2.43. The molecule has 0 unspecified atom stereocenters. The molecule has 34 heavy (non-hydrogen) atoms. The van der Waals surface area contributed by atoms with Crippen molar-refractivity contribution < 1.29 is 9.53 Å². The quantitative estimate of drug-likeness (QED) is 0.549. The summed E-state index contributed by atoms with van der Waals surface area (Å²) < 4.78 is 6.64. The van der Waals surface area contributed by atoms with Gasteiger partial charge in [-0.15, -0.1) is 0 Å². The maximum atomic E-state index is 13.1. The third kappa shape index (κ3) is 4.66. The van der Waals surface area contributed by atoms with Gasteiger partial charge in [0.2, 0.25) is 5.91 Å². The Morgan fingerprint density at radius 3 is 2.68 bits per heavy atom. The Balaban J connectivity index is 1.23. The van der Waals surface area contributed by atoms with Gasteiger partial charge in [0.05, 0.1) is 10.4 Å². The Morgan fingerprint density at radius 2 is 1.88 bits per heavy atom. The minimum absolute atomic E-state index is 0.0781. The number of hydrogen-bond acceptors (Lipinski definition) is 7. The molecule has 3 aromatic rings. The number of thiazole rings is 1. The third-order valence-electron chi connectivity index (χ3n) is 7.20. The van der Waals surface area contributed by atoms with Gasteiger partial charge >= 0.3 is 0 Å². The topological polar surface area (TPSA) is 80.2 Å². The summed E-state index contributed by atoms with van der Waals surface area (Å²) in [6, 6.07) is 9.89. The Hall–Kier alpha value is -2.58. The zero-order valence-corrected chi connectivity index (χ0v) is 20.2. The highest BCUT2D eigenvalue weighted by Gasteiger charge is 2.35. The molecule has 1 amide bonds. The van der Waals surface area contributed by atoms with Crippen molar-refractivity contribution in [3.63, 3.8) is 0 Å². The van der Waals surface area contributed by atoms with E-state index in [1.807, 2.05) is 30.3 Å². The van der Waals surface area contributed by atoms with Crippen molar-refractivity contribution in [2.24, 2.45) is 5.92 Å². The number of nitrogens with one attached hydrogen (secondary N) is 1. The summed E-state index contributed by atoms with van der Waals surface area (Å²) in [6.45, 7) is 3.08. The molecule has 7 nitrogen and oxygen atoms in total. The van der Waals surface area contributed by atoms with Crippen molar-refractivity contribution in [2.45, 2.75) is 63.5 Å². The van der Waals surface area contributed by atoms with Crippen LogP contribution in [0.25, 0.3) is 10.3 Å². The number of rotatable bonds is 7. The average molecular weight is 478 g/mol. The highest BCUT2D eigenvalue weighted by atomic mass is 32.1. The predicted octanol–water partition coefficient (Wildman–Crippen LogP) is 4.22. The molecule has 6 rings (SSSR count). The van der Waals surface area contributed by atoms with Gasteiger partial charge in [-0.25, -0.2) is 9.97 Å². The molecule has 2 aliphatic heterocycles. The summed E-state index contributed by atoms with van der Waals surface area (Å²) in [4.78, 5) is 30.1. The molecule has 0 radical (unpaired) electrons. The number of anilines is 1. The van der Waals surface area contributed by atoms with E-state index in [4.69, 9.17) is 19.7 Å². The fourth-order valence-corrected chi connectivity index (χ4v) is 6.26. The maximum Gasteiger partial charge on any atom is 0.243 e. The third-order valence-corrected chi connectivity index (χ3v) is 8.31. The largest absolute Gasteiger partial charge is 0.381 e. The van der Waals surface area contributed by atoms with Crippen molar-refractivity contribution in [2.75, 3.05) is 24.7 Å². The summed E-state index contributed by atoms with van der Waals surface area (Å²) in [5.74, 6) is 2.13. The SMILES string of the molecule is O=C(NCc1ccccc1)[C@H]1CCCN1c1nc2nc(CC3CCOCC3)nc(C3CC3)c2s1. The average Bonchev–Trinajstić information content (AvgIpc) is 3.43. The first kappa shape index (κ1) is 21.9. The smallest absolute Gasteiger partial charge is 0.243 e. The van der Waals surface area contributed by atoms with E-state index in [-0.39, 0.29) is 11.9 Å². The van der Waals surface area contributed by atoms with Gasteiger partial charge in [0.25, 0.3) is 0 Å². The number of amides is 1. The van der Waals surface area contributed by atoms with E-state index in [1.54, 1.807) is 11.3 Å². The Morgan fingerprint density at radius 1 is 1.06 bits per heavy atom. The molecule has 1 aliphatic carbocycles. The molecule has 1 N–H and O–H groups in total.